The molecule has 2 heterocycles. The van der Waals surface area contributed by atoms with E-state index in [1.54, 1.807) is 0 Å². The Labute approximate surface area is 195 Å². The zero-order valence-corrected chi connectivity index (χ0v) is 18.7. The number of hydrogen-bond donors (Lipinski definition) is 1. The molecule has 3 aromatic carbocycles. The van der Waals surface area contributed by atoms with E-state index in [2.05, 4.69) is 65.5 Å². The molecule has 0 saturated carbocycles. The molecule has 1 N–H and O–H groups in total. The van der Waals surface area contributed by atoms with Gasteiger partial charge in [0.05, 0.1) is 19.3 Å². The molecule has 0 aromatic heterocycles. The Kier molecular flexibility index (Phi) is 6.95. The van der Waals surface area contributed by atoms with Crippen molar-refractivity contribution < 1.29 is 14.2 Å². The second kappa shape index (κ2) is 10.4. The molecule has 170 valence electrons. The highest BCUT2D eigenvalue weighted by Crippen LogP contribution is 2.33. The van der Waals surface area contributed by atoms with Crippen molar-refractivity contribution in [3.63, 3.8) is 0 Å². The molecule has 5 rings (SSSR count). The first-order valence-electron chi connectivity index (χ1n) is 11.5. The summed E-state index contributed by atoms with van der Waals surface area (Å²) in [5.74, 6) is 0. The topological polar surface area (TPSA) is 43.0 Å². The first-order chi connectivity index (χ1) is 16.3. The van der Waals surface area contributed by atoms with Crippen LogP contribution in [0.15, 0.2) is 103 Å². The summed E-state index contributed by atoms with van der Waals surface area (Å²) in [6.45, 7) is 6.82. The van der Waals surface area contributed by atoms with Gasteiger partial charge < -0.3 is 14.2 Å². The third kappa shape index (κ3) is 5.41. The summed E-state index contributed by atoms with van der Waals surface area (Å²) < 4.78 is 18.5. The van der Waals surface area contributed by atoms with Gasteiger partial charge in [0, 0.05) is 18.7 Å². The second-order valence-electron chi connectivity index (χ2n) is 8.62. The van der Waals surface area contributed by atoms with E-state index in [9.17, 15) is 0 Å². The second-order valence-corrected chi connectivity index (χ2v) is 8.62. The maximum absolute atomic E-state index is 6.46. The highest BCUT2D eigenvalue weighted by atomic mass is 16.7. The fourth-order valence-corrected chi connectivity index (χ4v) is 4.42. The smallest absolute Gasteiger partial charge is 0.184 e. The molecule has 5 nitrogen and oxygen atoms in total. The van der Waals surface area contributed by atoms with Crippen molar-refractivity contribution in [3.05, 3.63) is 120 Å². The Balaban J connectivity index is 1.36. The van der Waals surface area contributed by atoms with Crippen LogP contribution in [-0.2, 0) is 27.3 Å². The summed E-state index contributed by atoms with van der Waals surface area (Å²) in [6, 6.07) is 31.0. The van der Waals surface area contributed by atoms with E-state index < -0.39 is 6.29 Å². The average molecular weight is 443 g/mol. The summed E-state index contributed by atoms with van der Waals surface area (Å²) in [5, 5.41) is 2.25. The van der Waals surface area contributed by atoms with Gasteiger partial charge in [-0.15, -0.1) is 0 Å². The summed E-state index contributed by atoms with van der Waals surface area (Å²) in [4.78, 5) is 0. The van der Waals surface area contributed by atoms with Crippen molar-refractivity contribution in [1.82, 2.24) is 10.4 Å². The Morgan fingerprint density at radius 1 is 0.788 bits per heavy atom. The van der Waals surface area contributed by atoms with Crippen LogP contribution in [0.25, 0.3) is 0 Å². The highest BCUT2D eigenvalue weighted by Gasteiger charge is 2.43. The number of rotatable bonds is 7. The lowest BCUT2D eigenvalue weighted by molar-refractivity contribution is -0.279. The molecule has 33 heavy (non-hydrogen) atoms. The van der Waals surface area contributed by atoms with Crippen LogP contribution in [0.5, 0.6) is 0 Å². The van der Waals surface area contributed by atoms with Crippen LogP contribution in [0.1, 0.15) is 23.0 Å². The fraction of sp³-hybridized carbons (Fsp3) is 0.286. The van der Waals surface area contributed by atoms with Crippen LogP contribution in [0.2, 0.25) is 0 Å². The molecule has 3 aromatic rings. The number of ether oxygens (including phenoxy) is 3. The van der Waals surface area contributed by atoms with Crippen LogP contribution < -0.4 is 5.43 Å². The molecule has 5 heteroatoms. The third-order valence-electron chi connectivity index (χ3n) is 6.14. The van der Waals surface area contributed by atoms with Crippen molar-refractivity contribution in [2.75, 3.05) is 13.2 Å². The van der Waals surface area contributed by atoms with Crippen LogP contribution in [-0.4, -0.2) is 36.5 Å². The molecule has 0 bridgehead atoms. The van der Waals surface area contributed by atoms with Gasteiger partial charge in [-0.2, -0.15) is 0 Å². The maximum Gasteiger partial charge on any atom is 0.184 e. The number of hydrogen-bond acceptors (Lipinski definition) is 5. The van der Waals surface area contributed by atoms with Crippen LogP contribution in [0.3, 0.4) is 0 Å². The average Bonchev–Trinajstić information content (AvgIpc) is 2.87. The first kappa shape index (κ1) is 22.0. The van der Waals surface area contributed by atoms with Gasteiger partial charge in [-0.05, 0) is 16.7 Å². The summed E-state index contributed by atoms with van der Waals surface area (Å²) in [5.41, 5.74) is 8.22. The molecule has 4 atom stereocenters. The monoisotopic (exact) mass is 442 g/mol. The van der Waals surface area contributed by atoms with Crippen LogP contribution in [0.4, 0.5) is 0 Å². The minimum Gasteiger partial charge on any atom is -0.369 e. The number of benzene rings is 3. The largest absolute Gasteiger partial charge is 0.369 e. The van der Waals surface area contributed by atoms with E-state index in [1.165, 1.54) is 11.1 Å². The lowest BCUT2D eigenvalue weighted by Gasteiger charge is -2.46. The van der Waals surface area contributed by atoms with Gasteiger partial charge >= 0.3 is 0 Å². The van der Waals surface area contributed by atoms with Gasteiger partial charge in [-0.25, -0.2) is 10.4 Å². The lowest BCUT2D eigenvalue weighted by Crippen LogP contribution is -2.61. The molecule has 0 radical (unpaired) electrons. The van der Waals surface area contributed by atoms with Gasteiger partial charge in [0.25, 0.3) is 0 Å². The Hall–Kier alpha value is -2.80. The van der Waals surface area contributed by atoms with E-state index in [4.69, 9.17) is 14.2 Å². The molecule has 0 unspecified atom stereocenters. The van der Waals surface area contributed by atoms with Crippen molar-refractivity contribution in [2.45, 2.75) is 37.6 Å². The minimum atomic E-state index is -0.414. The molecule has 0 spiro atoms. The predicted molar refractivity (Wildman–Crippen MR) is 128 cm³/mol. The van der Waals surface area contributed by atoms with Gasteiger partial charge in [-0.3, -0.25) is 0 Å². The van der Waals surface area contributed by atoms with Crippen LogP contribution >= 0.6 is 0 Å². The van der Waals surface area contributed by atoms with Gasteiger partial charge in [-0.1, -0.05) is 97.6 Å². The molecule has 2 aliphatic rings. The summed E-state index contributed by atoms with van der Waals surface area (Å²) >= 11 is 0. The molecule has 2 fully saturated rings. The number of nitrogens with zero attached hydrogens (tertiary/aromatic N) is 1. The molecular weight excluding hydrogens is 412 g/mol. The number of hydrazine groups is 1. The highest BCUT2D eigenvalue weighted by molar-refractivity contribution is 5.20. The van der Waals surface area contributed by atoms with Gasteiger partial charge in [0.2, 0.25) is 0 Å². The molecule has 0 aliphatic carbocycles. The zero-order chi connectivity index (χ0) is 22.5. The van der Waals surface area contributed by atoms with Crippen LogP contribution in [0, 0.1) is 0 Å². The Morgan fingerprint density at radius 3 is 1.97 bits per heavy atom. The van der Waals surface area contributed by atoms with E-state index in [0.717, 1.165) is 24.2 Å². The standard InChI is InChI=1S/C28H30N2O3/c1-21-19-31-25-20-32-28(24-15-9-4-10-16-24)33-27(25)26(21)29-30(17-22-11-5-2-6-12-22)18-23-13-7-3-8-14-23/h2-16,25-29H,1,17-20H2/t25-,26+,27+,28+/m1/s1. The summed E-state index contributed by atoms with van der Waals surface area (Å²) in [7, 11) is 0. The summed E-state index contributed by atoms with van der Waals surface area (Å²) in [6.07, 6.45) is -0.745. The molecule has 0 amide bonds. The molecule has 2 aliphatic heterocycles. The van der Waals surface area contributed by atoms with Gasteiger partial charge in [0.1, 0.15) is 12.2 Å². The SMILES string of the molecule is C=C1CO[C@@H]2CO[C@H](c3ccccc3)O[C@@H]2[C@H]1NN(Cc1ccccc1)Cc1ccccc1. The van der Waals surface area contributed by atoms with Crippen molar-refractivity contribution in [1.29, 1.82) is 0 Å². The van der Waals surface area contributed by atoms with E-state index in [1.807, 2.05) is 42.5 Å². The van der Waals surface area contributed by atoms with Crippen molar-refractivity contribution in [3.8, 4) is 0 Å². The number of nitrogens with one attached hydrogen (secondary N) is 1. The normalized spacial score (nSPS) is 25.1. The molecular formula is C28H30N2O3. The van der Waals surface area contributed by atoms with Crippen molar-refractivity contribution in [2.24, 2.45) is 0 Å². The Morgan fingerprint density at radius 2 is 1.36 bits per heavy atom. The van der Waals surface area contributed by atoms with E-state index >= 15 is 0 Å². The lowest BCUT2D eigenvalue weighted by atomic mass is 9.95. The van der Waals surface area contributed by atoms with E-state index in [0.29, 0.717) is 13.2 Å². The molecule has 2 saturated heterocycles. The van der Waals surface area contributed by atoms with Crippen molar-refractivity contribution >= 4 is 0 Å². The first-order valence-corrected chi connectivity index (χ1v) is 11.5. The third-order valence-corrected chi connectivity index (χ3v) is 6.14. The Bertz CT molecular complexity index is 987. The predicted octanol–water partition coefficient (Wildman–Crippen LogP) is 4.63. The van der Waals surface area contributed by atoms with E-state index in [-0.39, 0.29) is 18.2 Å². The quantitative estimate of drug-likeness (QED) is 0.427. The minimum absolute atomic E-state index is 0.0775. The number of fused-ring (bicyclic) bond motifs is 1. The van der Waals surface area contributed by atoms with Gasteiger partial charge in [0.15, 0.2) is 6.29 Å². The maximum atomic E-state index is 6.46. The zero-order valence-electron chi connectivity index (χ0n) is 18.7. The fourth-order valence-electron chi connectivity index (χ4n) is 4.42.